The third-order valence-electron chi connectivity index (χ3n) is 4.70. The Bertz CT molecular complexity index is 671. The van der Waals surface area contributed by atoms with Crippen LogP contribution in [0, 0.1) is 5.92 Å². The van der Waals surface area contributed by atoms with E-state index in [4.69, 9.17) is 14.2 Å². The topological polar surface area (TPSA) is 73.9 Å². The number of carbonyl (C=O) groups is 2. The Morgan fingerprint density at radius 2 is 2.00 bits per heavy atom. The van der Waals surface area contributed by atoms with Crippen LogP contribution in [0.1, 0.15) is 45.1 Å². The molecule has 6 nitrogen and oxygen atoms in total. The molecule has 0 unspecified atom stereocenters. The third kappa shape index (κ3) is 6.62. The van der Waals surface area contributed by atoms with Crippen LogP contribution in [0.2, 0.25) is 0 Å². The molecule has 2 atom stereocenters. The molecule has 0 heterocycles. The van der Waals surface area contributed by atoms with Gasteiger partial charge in [0, 0.05) is 12.1 Å². The minimum absolute atomic E-state index is 0.178. The smallest absolute Gasteiger partial charge is 0.331 e. The molecule has 0 spiro atoms. The summed E-state index contributed by atoms with van der Waals surface area (Å²) in [5, 5.41) is 2.96. The number of benzene rings is 1. The molecule has 2 rings (SSSR count). The molecule has 6 heteroatoms. The van der Waals surface area contributed by atoms with Crippen LogP contribution in [0.15, 0.2) is 24.3 Å². The number of amides is 1. The van der Waals surface area contributed by atoms with Crippen LogP contribution in [0.3, 0.4) is 0 Å². The summed E-state index contributed by atoms with van der Waals surface area (Å²) < 4.78 is 15.8. The van der Waals surface area contributed by atoms with E-state index in [9.17, 15) is 9.59 Å². The number of nitrogens with one attached hydrogen (secondary N) is 1. The van der Waals surface area contributed by atoms with Gasteiger partial charge in [-0.15, -0.1) is 0 Å². The van der Waals surface area contributed by atoms with Gasteiger partial charge in [-0.2, -0.15) is 0 Å². The highest BCUT2D eigenvalue weighted by atomic mass is 16.5. The first-order valence-corrected chi connectivity index (χ1v) is 9.48. The Morgan fingerprint density at radius 3 is 2.70 bits per heavy atom. The lowest BCUT2D eigenvalue weighted by Crippen LogP contribution is -2.42. The zero-order valence-electron chi connectivity index (χ0n) is 16.3. The second-order valence-electron chi connectivity index (χ2n) is 6.72. The lowest BCUT2D eigenvalue weighted by atomic mass is 9.86. The minimum atomic E-state index is -0.560. The van der Waals surface area contributed by atoms with Crippen LogP contribution in [-0.2, 0) is 14.3 Å². The van der Waals surface area contributed by atoms with Gasteiger partial charge in [0.1, 0.15) is 0 Å². The summed E-state index contributed by atoms with van der Waals surface area (Å²) in [7, 11) is 1.57. The average Bonchev–Trinajstić information content (AvgIpc) is 2.67. The molecule has 27 heavy (non-hydrogen) atoms. The number of rotatable bonds is 8. The van der Waals surface area contributed by atoms with E-state index in [0.29, 0.717) is 24.0 Å². The summed E-state index contributed by atoms with van der Waals surface area (Å²) in [6.07, 6.45) is 7.37. The monoisotopic (exact) mass is 375 g/mol. The molecule has 1 saturated carbocycles. The van der Waals surface area contributed by atoms with Crippen molar-refractivity contribution in [1.29, 1.82) is 0 Å². The predicted molar refractivity (Wildman–Crippen MR) is 104 cm³/mol. The van der Waals surface area contributed by atoms with Crippen molar-refractivity contribution >= 4 is 18.0 Å². The summed E-state index contributed by atoms with van der Waals surface area (Å²) in [5.74, 6) is 0.892. The van der Waals surface area contributed by atoms with Gasteiger partial charge in [-0.05, 0) is 49.5 Å². The van der Waals surface area contributed by atoms with Crippen molar-refractivity contribution < 1.29 is 23.8 Å². The number of hydrogen-bond donors (Lipinski definition) is 1. The third-order valence-corrected chi connectivity index (χ3v) is 4.70. The summed E-state index contributed by atoms with van der Waals surface area (Å²) >= 11 is 0. The quantitative estimate of drug-likeness (QED) is 0.557. The number of esters is 1. The number of hydrogen-bond acceptors (Lipinski definition) is 5. The average molecular weight is 375 g/mol. The molecule has 1 fully saturated rings. The highest BCUT2D eigenvalue weighted by Crippen LogP contribution is 2.28. The van der Waals surface area contributed by atoms with E-state index in [-0.39, 0.29) is 18.6 Å². The van der Waals surface area contributed by atoms with E-state index in [2.05, 4.69) is 12.2 Å². The molecule has 1 amide bonds. The van der Waals surface area contributed by atoms with E-state index in [1.807, 2.05) is 13.0 Å². The van der Waals surface area contributed by atoms with Crippen molar-refractivity contribution in [2.75, 3.05) is 20.3 Å². The number of ether oxygens (including phenoxy) is 3. The lowest BCUT2D eigenvalue weighted by molar-refractivity contribution is -0.144. The van der Waals surface area contributed by atoms with Gasteiger partial charge >= 0.3 is 5.97 Å². The molecular formula is C21H29NO5. The maximum Gasteiger partial charge on any atom is 0.331 e. The second-order valence-corrected chi connectivity index (χ2v) is 6.72. The molecule has 1 aromatic rings. The van der Waals surface area contributed by atoms with E-state index in [1.165, 1.54) is 12.5 Å². The van der Waals surface area contributed by atoms with E-state index in [1.54, 1.807) is 25.3 Å². The fraction of sp³-hybridized carbons (Fsp3) is 0.524. The van der Waals surface area contributed by atoms with Crippen LogP contribution >= 0.6 is 0 Å². The van der Waals surface area contributed by atoms with Crippen LogP contribution < -0.4 is 14.8 Å². The zero-order chi connectivity index (χ0) is 19.6. The first kappa shape index (κ1) is 20.8. The van der Waals surface area contributed by atoms with Crippen LogP contribution in [0.25, 0.3) is 6.08 Å². The van der Waals surface area contributed by atoms with Gasteiger partial charge in [0.05, 0.1) is 13.7 Å². The highest BCUT2D eigenvalue weighted by Gasteiger charge is 2.22. The minimum Gasteiger partial charge on any atom is -0.493 e. The number of methoxy groups -OCH3 is 1. The summed E-state index contributed by atoms with van der Waals surface area (Å²) in [6.45, 7) is 4.28. The van der Waals surface area contributed by atoms with E-state index < -0.39 is 5.97 Å². The van der Waals surface area contributed by atoms with Crippen molar-refractivity contribution in [3.05, 3.63) is 29.8 Å². The summed E-state index contributed by atoms with van der Waals surface area (Å²) in [5.41, 5.74) is 0.775. The highest BCUT2D eigenvalue weighted by molar-refractivity contribution is 5.89. The van der Waals surface area contributed by atoms with Crippen LogP contribution in [0.4, 0.5) is 0 Å². The molecule has 0 radical (unpaired) electrons. The Hall–Kier alpha value is -2.50. The van der Waals surface area contributed by atoms with Crippen LogP contribution in [0.5, 0.6) is 11.5 Å². The van der Waals surface area contributed by atoms with Crippen LogP contribution in [-0.4, -0.2) is 38.2 Å². The van der Waals surface area contributed by atoms with Crippen molar-refractivity contribution in [1.82, 2.24) is 5.32 Å². The predicted octanol–water partition coefficient (Wildman–Crippen LogP) is 3.35. The fourth-order valence-electron chi connectivity index (χ4n) is 3.19. The Balaban J connectivity index is 1.82. The summed E-state index contributed by atoms with van der Waals surface area (Å²) in [6, 6.07) is 5.54. The molecule has 0 saturated heterocycles. The van der Waals surface area contributed by atoms with E-state index in [0.717, 1.165) is 24.8 Å². The summed E-state index contributed by atoms with van der Waals surface area (Å²) in [4.78, 5) is 23.8. The van der Waals surface area contributed by atoms with E-state index >= 15 is 0 Å². The maximum atomic E-state index is 12.0. The largest absolute Gasteiger partial charge is 0.493 e. The van der Waals surface area contributed by atoms with Crippen molar-refractivity contribution in [2.24, 2.45) is 5.92 Å². The molecule has 0 aromatic heterocycles. The molecule has 1 aliphatic carbocycles. The zero-order valence-corrected chi connectivity index (χ0v) is 16.3. The van der Waals surface area contributed by atoms with Gasteiger partial charge < -0.3 is 19.5 Å². The second kappa shape index (κ2) is 10.6. The van der Waals surface area contributed by atoms with Gasteiger partial charge in [-0.1, -0.05) is 25.8 Å². The van der Waals surface area contributed by atoms with Gasteiger partial charge in [0.2, 0.25) is 0 Å². The molecule has 1 aromatic carbocycles. The van der Waals surface area contributed by atoms with Gasteiger partial charge in [0.15, 0.2) is 18.1 Å². The molecule has 0 aliphatic heterocycles. The lowest BCUT2D eigenvalue weighted by Gasteiger charge is -2.29. The normalized spacial score (nSPS) is 19.5. The number of carbonyl (C=O) groups excluding carboxylic acids is 2. The van der Waals surface area contributed by atoms with Gasteiger partial charge in [0.25, 0.3) is 5.91 Å². The molecular weight excluding hydrogens is 346 g/mol. The molecule has 148 valence electrons. The standard InChI is InChI=1S/C21H29NO5/c1-4-26-19-13-16(9-11-18(19)25-3)10-12-21(24)27-14-20(23)22-17-8-6-5-7-15(17)2/h9-13,15,17H,4-8,14H2,1-3H3,(H,22,23)/b12-10+/t15-,17+/m0/s1. The van der Waals surface area contributed by atoms with Gasteiger partial charge in [-0.3, -0.25) is 4.79 Å². The van der Waals surface area contributed by atoms with Gasteiger partial charge in [-0.25, -0.2) is 4.79 Å². The SMILES string of the molecule is CCOc1cc(/C=C/C(=O)OCC(=O)N[C@@H]2CCCC[C@@H]2C)ccc1OC. The molecule has 1 N–H and O–H groups in total. The van der Waals surface area contributed by atoms with Crippen molar-refractivity contribution in [3.63, 3.8) is 0 Å². The fourth-order valence-corrected chi connectivity index (χ4v) is 3.19. The first-order chi connectivity index (χ1) is 13.0. The molecule has 1 aliphatic rings. The molecule has 0 bridgehead atoms. The Kier molecular flexibility index (Phi) is 8.17. The van der Waals surface area contributed by atoms with Crippen molar-refractivity contribution in [2.45, 2.75) is 45.6 Å². The van der Waals surface area contributed by atoms with Crippen molar-refractivity contribution in [3.8, 4) is 11.5 Å². The Morgan fingerprint density at radius 1 is 1.22 bits per heavy atom. The Labute approximate surface area is 160 Å². The first-order valence-electron chi connectivity index (χ1n) is 9.48. The maximum absolute atomic E-state index is 12.0.